The van der Waals surface area contributed by atoms with Crippen molar-refractivity contribution in [2.75, 3.05) is 13.2 Å². The third-order valence-electron chi connectivity index (χ3n) is 5.10. The van der Waals surface area contributed by atoms with Gasteiger partial charge >= 0.3 is 0 Å². The second-order valence-corrected chi connectivity index (χ2v) is 8.78. The Bertz CT molecular complexity index is 1060. The number of carbonyl (C=O) groups excluding carboxylic acids is 2. The largest absolute Gasteiger partial charge is 0.484 e. The highest BCUT2D eigenvalue weighted by Gasteiger charge is 2.30. The molecule has 0 fully saturated rings. The van der Waals surface area contributed by atoms with E-state index in [1.807, 2.05) is 67.6 Å². The number of nitrogens with zero attached hydrogens (tertiary/aromatic N) is 1. The lowest BCUT2D eigenvalue weighted by molar-refractivity contribution is -0.142. The molecule has 0 aliphatic heterocycles. The summed E-state index contributed by atoms with van der Waals surface area (Å²) in [5.41, 5.74) is 1.72. The van der Waals surface area contributed by atoms with Gasteiger partial charge in [0.25, 0.3) is 5.91 Å². The normalized spacial score (nSPS) is 11.5. The van der Waals surface area contributed by atoms with Gasteiger partial charge in [-0.25, -0.2) is 0 Å². The van der Waals surface area contributed by atoms with Crippen LogP contribution in [0.3, 0.4) is 0 Å². The first-order valence-corrected chi connectivity index (χ1v) is 11.9. The van der Waals surface area contributed by atoms with Gasteiger partial charge in [-0.15, -0.1) is 0 Å². The number of amides is 2. The summed E-state index contributed by atoms with van der Waals surface area (Å²) in [6, 6.07) is 23.5. The summed E-state index contributed by atoms with van der Waals surface area (Å²) < 4.78 is 6.65. The van der Waals surface area contributed by atoms with Crippen LogP contribution in [0.5, 0.6) is 5.75 Å². The Hall–Kier alpha value is -2.83. The predicted molar refractivity (Wildman–Crippen MR) is 134 cm³/mol. The van der Waals surface area contributed by atoms with Gasteiger partial charge in [0.2, 0.25) is 5.91 Å². The van der Waals surface area contributed by atoms with Crippen LogP contribution in [0.2, 0.25) is 5.02 Å². The monoisotopic (exact) mass is 528 g/mol. The Morgan fingerprint density at radius 3 is 2.33 bits per heavy atom. The lowest BCUT2D eigenvalue weighted by Gasteiger charge is -2.31. The standard InChI is InChI=1S/C26H26BrClN2O3/c1-2-29-26(32)24(16-19-8-4-3-5-9-19)30(17-20-10-6-7-11-23(20)28)25(31)18-33-22-14-12-21(27)13-15-22/h3-15,24H,2,16-18H2,1H3,(H,29,32)/t24-/m1/s1. The fourth-order valence-electron chi connectivity index (χ4n) is 3.41. The van der Waals surface area contributed by atoms with Crippen LogP contribution in [0.4, 0.5) is 0 Å². The Kier molecular flexibility index (Phi) is 9.34. The molecule has 0 aromatic heterocycles. The van der Waals surface area contributed by atoms with Crippen molar-refractivity contribution in [1.82, 2.24) is 10.2 Å². The summed E-state index contributed by atoms with van der Waals surface area (Å²) >= 11 is 9.78. The predicted octanol–water partition coefficient (Wildman–Crippen LogP) is 5.26. The maximum absolute atomic E-state index is 13.4. The summed E-state index contributed by atoms with van der Waals surface area (Å²) in [5.74, 6) is 0.0530. The number of benzene rings is 3. The first-order valence-electron chi connectivity index (χ1n) is 10.7. The first-order chi connectivity index (χ1) is 16.0. The van der Waals surface area contributed by atoms with Crippen LogP contribution in [0, 0.1) is 0 Å². The van der Waals surface area contributed by atoms with E-state index in [1.165, 1.54) is 0 Å². The second-order valence-electron chi connectivity index (χ2n) is 7.46. The topological polar surface area (TPSA) is 58.6 Å². The van der Waals surface area contributed by atoms with E-state index >= 15 is 0 Å². The Balaban J connectivity index is 1.89. The molecule has 0 aliphatic rings. The van der Waals surface area contributed by atoms with Gasteiger partial charge < -0.3 is 15.0 Å². The van der Waals surface area contributed by atoms with E-state index in [0.717, 1.165) is 15.6 Å². The summed E-state index contributed by atoms with van der Waals surface area (Å²) in [6.45, 7) is 2.32. The zero-order chi connectivity index (χ0) is 23.6. The summed E-state index contributed by atoms with van der Waals surface area (Å²) in [4.78, 5) is 28.1. The molecule has 1 atom stereocenters. The van der Waals surface area contributed by atoms with E-state index in [2.05, 4.69) is 21.2 Å². The minimum atomic E-state index is -0.718. The van der Waals surface area contributed by atoms with Crippen molar-refractivity contribution in [3.8, 4) is 5.75 Å². The van der Waals surface area contributed by atoms with Crippen LogP contribution in [0.25, 0.3) is 0 Å². The lowest BCUT2D eigenvalue weighted by Crippen LogP contribution is -2.51. The second kappa shape index (κ2) is 12.4. The van der Waals surface area contributed by atoms with Crippen LogP contribution < -0.4 is 10.1 Å². The molecule has 7 heteroatoms. The Morgan fingerprint density at radius 2 is 1.67 bits per heavy atom. The van der Waals surface area contributed by atoms with Gasteiger partial charge in [-0.3, -0.25) is 9.59 Å². The molecule has 0 saturated heterocycles. The van der Waals surface area contributed by atoms with Crippen LogP contribution >= 0.6 is 27.5 Å². The van der Waals surface area contributed by atoms with E-state index in [0.29, 0.717) is 23.7 Å². The van der Waals surface area contributed by atoms with Gasteiger partial charge in [-0.1, -0.05) is 76.1 Å². The van der Waals surface area contributed by atoms with Crippen LogP contribution in [-0.2, 0) is 22.6 Å². The van der Waals surface area contributed by atoms with Crippen molar-refractivity contribution in [1.29, 1.82) is 0 Å². The van der Waals surface area contributed by atoms with Crippen molar-refractivity contribution < 1.29 is 14.3 Å². The fraction of sp³-hybridized carbons (Fsp3) is 0.231. The van der Waals surface area contributed by atoms with Gasteiger partial charge in [0.05, 0.1) is 0 Å². The molecule has 1 N–H and O–H groups in total. The number of hydrogen-bond acceptors (Lipinski definition) is 3. The molecule has 5 nitrogen and oxygen atoms in total. The van der Waals surface area contributed by atoms with Crippen LogP contribution in [-0.4, -0.2) is 35.9 Å². The fourth-order valence-corrected chi connectivity index (χ4v) is 3.87. The number of ether oxygens (including phenoxy) is 1. The molecule has 0 heterocycles. The van der Waals surface area contributed by atoms with Gasteiger partial charge in [0.1, 0.15) is 11.8 Å². The smallest absolute Gasteiger partial charge is 0.261 e. The van der Waals surface area contributed by atoms with Crippen LogP contribution in [0.1, 0.15) is 18.1 Å². The highest BCUT2D eigenvalue weighted by molar-refractivity contribution is 9.10. The molecule has 2 amide bonds. The Labute approximate surface area is 207 Å². The first kappa shape index (κ1) is 24.8. The molecule has 3 rings (SSSR count). The quantitative estimate of drug-likeness (QED) is 0.390. The molecule has 33 heavy (non-hydrogen) atoms. The van der Waals surface area contributed by atoms with E-state index in [1.54, 1.807) is 23.1 Å². The van der Waals surface area contributed by atoms with E-state index in [9.17, 15) is 9.59 Å². The minimum Gasteiger partial charge on any atom is -0.484 e. The third-order valence-corrected chi connectivity index (χ3v) is 5.99. The summed E-state index contributed by atoms with van der Waals surface area (Å²) in [5, 5.41) is 3.41. The van der Waals surface area contributed by atoms with Crippen molar-refractivity contribution in [3.05, 3.63) is 99.5 Å². The third kappa shape index (κ3) is 7.34. The number of hydrogen-bond donors (Lipinski definition) is 1. The Morgan fingerprint density at radius 1 is 1.00 bits per heavy atom. The zero-order valence-corrected chi connectivity index (χ0v) is 20.7. The van der Waals surface area contributed by atoms with Crippen LogP contribution in [0.15, 0.2) is 83.3 Å². The molecular formula is C26H26BrClN2O3. The number of rotatable bonds is 10. The molecule has 0 unspecified atom stereocenters. The van der Waals surface area contributed by atoms with Crippen molar-refractivity contribution in [2.24, 2.45) is 0 Å². The van der Waals surface area contributed by atoms with E-state index in [4.69, 9.17) is 16.3 Å². The average molecular weight is 530 g/mol. The molecule has 3 aromatic carbocycles. The van der Waals surface area contributed by atoms with Gasteiger partial charge in [0.15, 0.2) is 6.61 Å². The number of nitrogens with one attached hydrogen (secondary N) is 1. The van der Waals surface area contributed by atoms with Gasteiger partial charge in [-0.05, 0) is 48.4 Å². The highest BCUT2D eigenvalue weighted by atomic mass is 79.9. The number of carbonyl (C=O) groups is 2. The SMILES string of the molecule is CCNC(=O)[C@@H](Cc1ccccc1)N(Cc1ccccc1Cl)C(=O)COc1ccc(Br)cc1. The molecule has 172 valence electrons. The molecule has 0 aliphatic carbocycles. The number of halogens is 2. The molecule has 3 aromatic rings. The molecule has 0 saturated carbocycles. The van der Waals surface area contributed by atoms with Crippen molar-refractivity contribution in [2.45, 2.75) is 25.9 Å². The van der Waals surface area contributed by atoms with Gasteiger partial charge in [0, 0.05) is 29.0 Å². The minimum absolute atomic E-state index is 0.191. The van der Waals surface area contributed by atoms with E-state index in [-0.39, 0.29) is 25.0 Å². The lowest BCUT2D eigenvalue weighted by atomic mass is 10.0. The summed E-state index contributed by atoms with van der Waals surface area (Å²) in [6.07, 6.45) is 0.376. The average Bonchev–Trinajstić information content (AvgIpc) is 2.82. The highest BCUT2D eigenvalue weighted by Crippen LogP contribution is 2.21. The van der Waals surface area contributed by atoms with E-state index < -0.39 is 6.04 Å². The summed E-state index contributed by atoms with van der Waals surface area (Å²) in [7, 11) is 0. The number of likely N-dealkylation sites (N-methyl/N-ethyl adjacent to an activating group) is 1. The van der Waals surface area contributed by atoms with Crippen molar-refractivity contribution in [3.63, 3.8) is 0 Å². The van der Waals surface area contributed by atoms with Crippen molar-refractivity contribution >= 4 is 39.3 Å². The molecule has 0 spiro atoms. The molecular weight excluding hydrogens is 504 g/mol. The van der Waals surface area contributed by atoms with Gasteiger partial charge in [-0.2, -0.15) is 0 Å². The molecule has 0 radical (unpaired) electrons. The maximum atomic E-state index is 13.4. The molecule has 0 bridgehead atoms. The maximum Gasteiger partial charge on any atom is 0.261 e. The zero-order valence-electron chi connectivity index (χ0n) is 18.3.